The largest absolute Gasteiger partial charge is 1.00 e. The van der Waals surface area contributed by atoms with Crippen molar-refractivity contribution in [3.63, 3.8) is 0 Å². The molecular formula is C108H198Cl4N26. The topological polar surface area (TPSA) is 182 Å². The van der Waals surface area contributed by atoms with E-state index in [2.05, 4.69) is 267 Å². The highest BCUT2D eigenvalue weighted by atomic mass is 35.5. The van der Waals surface area contributed by atoms with Gasteiger partial charge < -0.3 is 119 Å². The molecule has 0 atom stereocenters. The molecule has 0 unspecified atom stereocenters. The predicted octanol–water partition coefficient (Wildman–Crippen LogP) is -1.23. The van der Waals surface area contributed by atoms with Crippen molar-refractivity contribution in [3.8, 4) is 0 Å². The van der Waals surface area contributed by atoms with Crippen LogP contribution in [0.4, 0.5) is 0 Å². The molecule has 6 N–H and O–H groups in total. The van der Waals surface area contributed by atoms with Crippen molar-refractivity contribution < 1.29 is 67.6 Å². The first kappa shape index (κ1) is 127. The number of nitrogens with one attached hydrogen (secondary N) is 6. The van der Waals surface area contributed by atoms with Gasteiger partial charge in [-0.1, -0.05) is 36.4 Å². The molecule has 0 bridgehead atoms. The quantitative estimate of drug-likeness (QED) is 0.0252. The van der Waals surface area contributed by atoms with Crippen LogP contribution in [0.3, 0.4) is 0 Å². The summed E-state index contributed by atoms with van der Waals surface area (Å²) in [4.78, 5) is 53.5. The first-order chi connectivity index (χ1) is 65.7. The van der Waals surface area contributed by atoms with Crippen molar-refractivity contribution in [1.82, 2.24) is 111 Å². The molecule has 4 fully saturated rings. The lowest BCUT2D eigenvalue weighted by atomic mass is 10.2. The van der Waals surface area contributed by atoms with E-state index in [1.54, 1.807) is 0 Å². The standard InChI is InChI=1S/C31H54N7.C29H50N7.C25H49N6.C23H45N6.4ClH/c1-4-38(5-2,6-3)27-13-23-35-21-12-22-36(28-30-14-7-9-17-33-30)24-19-32-16-11-20-37(26-25-35)29-31-15-8-10-18-34-31;1-4-36(5-2,6-3)25-11-18-33-21-23-34(26-28-12-7-9-14-31-28)19-16-30-17-20-35(24-22-33)27-29-13-8-10-15-32-29;1-4-31(5-2,6-3)23-11-20-29-18-9-13-27-17-22-30(19-10-14-26-16-21-29)24-25-12-7-8-15-28-25;1-4-29(5-2,6-3)21-9-16-27-17-12-24-14-19-28(20-15-25-13-18-27)22-23-10-7-8-11-26-23;;;;/h7-10,14-15,17-18,32H,4-6,11-13,16,19-29H2,1-3H3;7-10,12-15,30H,4-6,11,16-27H2,1-3H3;7-8,12,15,26-27H,4-6,9-11,13-14,16-24H2,1-3H3;7-8,10-11,24-25H,4-6,9,12-22H2,1-3H3;4*1H/q4*+1;;;;/p-4. The number of pyridine rings is 6. The summed E-state index contributed by atoms with van der Waals surface area (Å²) in [6.07, 6.45) is 21.4. The second kappa shape index (κ2) is 79.5. The third-order valence-electron chi connectivity index (χ3n) is 30.2. The van der Waals surface area contributed by atoms with Crippen LogP contribution >= 0.6 is 0 Å². The van der Waals surface area contributed by atoms with E-state index in [1.807, 2.05) is 73.6 Å². The molecule has 26 nitrogen and oxygen atoms in total. The van der Waals surface area contributed by atoms with Crippen LogP contribution in [0.1, 0.15) is 169 Å². The van der Waals surface area contributed by atoms with Crippen molar-refractivity contribution in [1.29, 1.82) is 0 Å². The van der Waals surface area contributed by atoms with Gasteiger partial charge >= 0.3 is 0 Å². The van der Waals surface area contributed by atoms with Gasteiger partial charge in [0.15, 0.2) is 0 Å². The normalized spacial score (nSPS) is 18.0. The molecule has 0 spiro atoms. The molecule has 0 radical (unpaired) electrons. The lowest BCUT2D eigenvalue weighted by Crippen LogP contribution is -3.00. The average molecular weight is 2000 g/mol. The summed E-state index contributed by atoms with van der Waals surface area (Å²) in [5.74, 6) is 0. The van der Waals surface area contributed by atoms with Gasteiger partial charge in [-0.2, -0.15) is 0 Å². The highest BCUT2D eigenvalue weighted by molar-refractivity contribution is 5.08. The molecule has 10 heterocycles. The lowest BCUT2D eigenvalue weighted by molar-refractivity contribution is -0.923. The van der Waals surface area contributed by atoms with Gasteiger partial charge in [0.2, 0.25) is 0 Å². The number of hydrogen-bond donors (Lipinski definition) is 6. The maximum Gasteiger partial charge on any atom is 0.0798 e. The van der Waals surface area contributed by atoms with Gasteiger partial charge in [-0.05, 0) is 234 Å². The van der Waals surface area contributed by atoms with E-state index in [1.165, 1.54) is 224 Å². The Kier molecular flexibility index (Phi) is 73.4. The molecule has 4 aliphatic rings. The molecule has 6 aromatic heterocycles. The molecule has 6 aromatic rings. The van der Waals surface area contributed by atoms with Gasteiger partial charge in [0.1, 0.15) is 0 Å². The summed E-state index contributed by atoms with van der Waals surface area (Å²) in [5.41, 5.74) is 7.00. The number of quaternary nitrogens is 4. The Morgan fingerprint density at radius 2 is 0.355 bits per heavy atom. The molecular weight excluding hydrogens is 1800 g/mol. The highest BCUT2D eigenvalue weighted by Crippen LogP contribution is 2.17. The molecule has 138 heavy (non-hydrogen) atoms. The molecule has 30 heteroatoms. The third kappa shape index (κ3) is 53.9. The minimum absolute atomic E-state index is 0. The van der Waals surface area contributed by atoms with Gasteiger partial charge in [0.05, 0.1) is 139 Å². The fourth-order valence-electron chi connectivity index (χ4n) is 19.9. The Balaban J connectivity index is 0.000000471. The summed E-state index contributed by atoms with van der Waals surface area (Å²) in [5, 5.41) is 22.1. The van der Waals surface area contributed by atoms with Crippen LogP contribution in [0.25, 0.3) is 0 Å². The Labute approximate surface area is 867 Å². The predicted molar refractivity (Wildman–Crippen MR) is 564 cm³/mol. The number of hydrogen-bond acceptors (Lipinski definition) is 22. The zero-order valence-electron chi connectivity index (χ0n) is 89.0. The first-order valence-corrected chi connectivity index (χ1v) is 54.0. The second-order valence-corrected chi connectivity index (χ2v) is 38.3. The number of nitrogens with zero attached hydrogens (tertiary/aromatic N) is 20. The monoisotopic (exact) mass is 2000 g/mol. The zero-order chi connectivity index (χ0) is 95.4. The Hall–Kier alpha value is -4.74. The van der Waals surface area contributed by atoms with Crippen molar-refractivity contribution in [2.75, 3.05) is 340 Å². The van der Waals surface area contributed by atoms with E-state index in [0.29, 0.717) is 0 Å². The zero-order valence-corrected chi connectivity index (χ0v) is 92.0. The van der Waals surface area contributed by atoms with Gasteiger partial charge in [-0.15, -0.1) is 0 Å². The SMILES string of the molecule is CC[N+](CC)(CC)CCCN1CCCN(Cc2ccccn2)CCNCCCN(Cc2ccccn2)CC1.CC[N+](CC)(CC)CCCN1CCCNCCN(Cc2ccccn2)CCCNCC1.CC[N+](CC)(CC)CCCN1CCN(Cc2ccccn2)CCNCCN(Cc2ccccn2)CC1.CC[N+](CC)(CC)CCCN1CCNCCN(Cc2ccccn2)CCNCC1.[Cl-].[Cl-].[Cl-].[Cl-]. The molecule has 10 rings (SSSR count). The van der Waals surface area contributed by atoms with Crippen LogP contribution in [0.2, 0.25) is 0 Å². The van der Waals surface area contributed by atoms with Crippen molar-refractivity contribution in [2.24, 2.45) is 0 Å². The van der Waals surface area contributed by atoms with E-state index in [0.717, 1.165) is 259 Å². The first-order valence-electron chi connectivity index (χ1n) is 54.0. The highest BCUT2D eigenvalue weighted by Gasteiger charge is 2.27. The van der Waals surface area contributed by atoms with Crippen molar-refractivity contribution in [3.05, 3.63) is 181 Å². The van der Waals surface area contributed by atoms with Crippen molar-refractivity contribution >= 4 is 0 Å². The van der Waals surface area contributed by atoms with E-state index < -0.39 is 0 Å². The Morgan fingerprint density at radius 3 is 0.580 bits per heavy atom. The van der Waals surface area contributed by atoms with Crippen LogP contribution in [-0.2, 0) is 39.3 Å². The molecule has 0 aliphatic carbocycles. The molecule has 0 amide bonds. The van der Waals surface area contributed by atoms with Crippen LogP contribution < -0.4 is 81.5 Å². The summed E-state index contributed by atoms with van der Waals surface area (Å²) in [6.45, 7) is 93.6. The summed E-state index contributed by atoms with van der Waals surface area (Å²) in [6, 6.07) is 37.4. The minimum atomic E-state index is 0. The van der Waals surface area contributed by atoms with Crippen LogP contribution in [-0.4, -0.2) is 437 Å². The summed E-state index contributed by atoms with van der Waals surface area (Å²) < 4.78 is 5.00. The number of aromatic nitrogens is 6. The lowest BCUT2D eigenvalue weighted by Gasteiger charge is -2.37. The van der Waals surface area contributed by atoms with E-state index in [9.17, 15) is 0 Å². The fraction of sp³-hybridized carbons (Fsp3) is 0.722. The van der Waals surface area contributed by atoms with Gasteiger partial charge in [-0.25, -0.2) is 0 Å². The van der Waals surface area contributed by atoms with Crippen molar-refractivity contribution in [2.45, 2.75) is 174 Å². The van der Waals surface area contributed by atoms with Crippen LogP contribution in [0, 0.1) is 0 Å². The maximum atomic E-state index is 4.61. The summed E-state index contributed by atoms with van der Waals surface area (Å²) >= 11 is 0. The third-order valence-corrected chi connectivity index (χ3v) is 30.2. The molecule has 4 aliphatic heterocycles. The maximum absolute atomic E-state index is 4.61. The van der Waals surface area contributed by atoms with Gasteiger partial charge in [0, 0.05) is 285 Å². The number of halogens is 4. The molecule has 0 aromatic carbocycles. The smallest absolute Gasteiger partial charge is 0.0798 e. The van der Waals surface area contributed by atoms with E-state index >= 15 is 0 Å². The molecule has 4 saturated heterocycles. The Morgan fingerprint density at radius 1 is 0.196 bits per heavy atom. The average Bonchev–Trinajstić information content (AvgIpc) is 0.881. The minimum Gasteiger partial charge on any atom is -1.00 e. The van der Waals surface area contributed by atoms with E-state index in [-0.39, 0.29) is 49.6 Å². The number of rotatable bonds is 40. The Bertz CT molecular complexity index is 3570. The van der Waals surface area contributed by atoms with Crippen LogP contribution in [0.15, 0.2) is 146 Å². The fourth-order valence-corrected chi connectivity index (χ4v) is 19.9. The summed E-state index contributed by atoms with van der Waals surface area (Å²) in [7, 11) is 0. The van der Waals surface area contributed by atoms with Gasteiger partial charge in [0.25, 0.3) is 0 Å². The molecule has 0 saturated carbocycles. The van der Waals surface area contributed by atoms with Crippen LogP contribution in [0.5, 0.6) is 0 Å². The van der Waals surface area contributed by atoms with Gasteiger partial charge in [-0.3, -0.25) is 59.3 Å². The van der Waals surface area contributed by atoms with E-state index in [4.69, 9.17) is 0 Å². The molecule has 788 valence electrons. The second-order valence-electron chi connectivity index (χ2n) is 38.3.